The average Bonchev–Trinajstić information content (AvgIpc) is 2.63. The van der Waals surface area contributed by atoms with E-state index in [1.807, 2.05) is 18.3 Å². The third kappa shape index (κ3) is 3.50. The first-order chi connectivity index (χ1) is 12.3. The van der Waals surface area contributed by atoms with E-state index in [-0.39, 0.29) is 11.5 Å². The van der Waals surface area contributed by atoms with Crippen molar-refractivity contribution in [3.63, 3.8) is 0 Å². The largest absolute Gasteiger partial charge is 0.465 e. The first-order valence-electron chi connectivity index (χ1n) is 8.92. The average molecular weight is 350 g/mol. The minimum Gasteiger partial charge on any atom is -0.465 e. The molecule has 0 bridgehead atoms. The zero-order chi connectivity index (χ0) is 18.9. The minimum absolute atomic E-state index is 0.163. The first-order valence-corrected chi connectivity index (χ1v) is 8.92. The lowest BCUT2D eigenvalue weighted by Crippen LogP contribution is -2.45. The maximum absolute atomic E-state index is 11.6. The molecule has 1 heterocycles. The maximum Gasteiger partial charge on any atom is 0.337 e. The number of esters is 1. The van der Waals surface area contributed by atoms with Crippen molar-refractivity contribution in [1.29, 1.82) is 0 Å². The van der Waals surface area contributed by atoms with Gasteiger partial charge in [0.1, 0.15) is 0 Å². The maximum atomic E-state index is 11.6. The molecule has 1 aliphatic heterocycles. The summed E-state index contributed by atoms with van der Waals surface area (Å²) in [6.07, 6.45) is 2.97. The van der Waals surface area contributed by atoms with Gasteiger partial charge in [0.15, 0.2) is 0 Å². The van der Waals surface area contributed by atoms with Crippen molar-refractivity contribution in [2.75, 3.05) is 19.1 Å². The van der Waals surface area contributed by atoms with E-state index in [1.165, 1.54) is 18.4 Å². The molecule has 136 valence electrons. The molecule has 1 aliphatic rings. The van der Waals surface area contributed by atoms with E-state index in [4.69, 9.17) is 4.74 Å². The lowest BCUT2D eigenvalue weighted by molar-refractivity contribution is 0.0601. The van der Waals surface area contributed by atoms with Gasteiger partial charge in [-0.3, -0.25) is 4.99 Å². The molecule has 3 rings (SSSR count). The Morgan fingerprint density at radius 1 is 1.27 bits per heavy atom. The highest BCUT2D eigenvalue weighted by atomic mass is 16.5. The van der Waals surface area contributed by atoms with Gasteiger partial charge >= 0.3 is 5.97 Å². The van der Waals surface area contributed by atoms with Gasteiger partial charge in [-0.15, -0.1) is 0 Å². The predicted molar refractivity (Wildman–Crippen MR) is 107 cm³/mol. The summed E-state index contributed by atoms with van der Waals surface area (Å²) in [5.41, 5.74) is 5.11. The van der Waals surface area contributed by atoms with Crippen LogP contribution in [0.1, 0.15) is 54.6 Å². The Morgan fingerprint density at radius 2 is 2.04 bits per heavy atom. The van der Waals surface area contributed by atoms with Gasteiger partial charge in [0, 0.05) is 24.5 Å². The molecule has 0 saturated heterocycles. The van der Waals surface area contributed by atoms with Gasteiger partial charge in [-0.2, -0.15) is 0 Å². The number of ether oxygens (including phenoxy) is 1. The molecule has 0 fully saturated rings. The Kier molecular flexibility index (Phi) is 4.86. The minimum atomic E-state index is -0.352. The Morgan fingerprint density at radius 3 is 2.77 bits per heavy atom. The van der Waals surface area contributed by atoms with Crippen LogP contribution in [0.25, 0.3) is 0 Å². The van der Waals surface area contributed by atoms with Gasteiger partial charge in [-0.05, 0) is 67.6 Å². The molecule has 2 aromatic carbocycles. The van der Waals surface area contributed by atoms with Crippen molar-refractivity contribution in [3.05, 3.63) is 59.2 Å². The lowest BCUT2D eigenvalue weighted by Gasteiger charge is -2.45. The summed E-state index contributed by atoms with van der Waals surface area (Å²) in [7, 11) is 3.54. The highest BCUT2D eigenvalue weighted by Crippen LogP contribution is 2.42. The zero-order valence-electron chi connectivity index (χ0n) is 16.1. The molecule has 4 nitrogen and oxygen atoms in total. The molecule has 4 heteroatoms. The number of hydrogen-bond donors (Lipinski definition) is 0. The number of fused-ring (bicyclic) bond motifs is 1. The monoisotopic (exact) mass is 350 g/mol. The normalized spacial score (nSPS) is 18.7. The number of benzene rings is 2. The summed E-state index contributed by atoms with van der Waals surface area (Å²) in [4.78, 5) is 18.5. The molecule has 26 heavy (non-hydrogen) atoms. The van der Waals surface area contributed by atoms with E-state index in [2.05, 4.69) is 55.9 Å². The quantitative estimate of drug-likeness (QED) is 0.581. The first kappa shape index (κ1) is 18.2. The number of aliphatic imine (C=N–C) groups is 1. The highest BCUT2D eigenvalue weighted by Gasteiger charge is 2.33. The second-order valence-corrected chi connectivity index (χ2v) is 7.59. The highest BCUT2D eigenvalue weighted by molar-refractivity contribution is 5.91. The second-order valence-electron chi connectivity index (χ2n) is 7.59. The number of carbonyl (C=O) groups is 1. The molecule has 1 unspecified atom stereocenters. The van der Waals surface area contributed by atoms with E-state index < -0.39 is 0 Å². The number of hydrogen-bond acceptors (Lipinski definition) is 4. The van der Waals surface area contributed by atoms with Crippen molar-refractivity contribution in [2.24, 2.45) is 4.99 Å². The molecule has 0 spiro atoms. The van der Waals surface area contributed by atoms with Gasteiger partial charge in [-0.1, -0.05) is 19.1 Å². The topological polar surface area (TPSA) is 41.9 Å². The van der Waals surface area contributed by atoms with Gasteiger partial charge in [0.2, 0.25) is 0 Å². The van der Waals surface area contributed by atoms with Crippen LogP contribution in [0.4, 0.5) is 11.4 Å². The second kappa shape index (κ2) is 6.94. The van der Waals surface area contributed by atoms with Crippen molar-refractivity contribution >= 4 is 23.6 Å². The van der Waals surface area contributed by atoms with E-state index >= 15 is 0 Å². The Balaban J connectivity index is 1.87. The third-order valence-electron chi connectivity index (χ3n) is 5.29. The van der Waals surface area contributed by atoms with E-state index in [0.717, 1.165) is 17.7 Å². The number of methoxy groups -OCH3 is 1. The summed E-state index contributed by atoms with van der Waals surface area (Å²) in [6.45, 7) is 6.86. The molecule has 2 aromatic rings. The van der Waals surface area contributed by atoms with Crippen LogP contribution < -0.4 is 4.90 Å². The molecule has 0 radical (unpaired) electrons. The summed E-state index contributed by atoms with van der Waals surface area (Å²) < 4.78 is 4.76. The van der Waals surface area contributed by atoms with Crippen molar-refractivity contribution in [1.82, 2.24) is 0 Å². The molecule has 0 N–H and O–H groups in total. The van der Waals surface area contributed by atoms with Crippen LogP contribution in [0.2, 0.25) is 0 Å². The molecule has 0 saturated carbocycles. The molecular weight excluding hydrogens is 324 g/mol. The predicted octanol–water partition coefficient (Wildman–Crippen LogP) is 4.95. The van der Waals surface area contributed by atoms with E-state index in [0.29, 0.717) is 11.5 Å². The zero-order valence-corrected chi connectivity index (χ0v) is 16.1. The fourth-order valence-electron chi connectivity index (χ4n) is 3.66. The Hall–Kier alpha value is -2.62. The van der Waals surface area contributed by atoms with Gasteiger partial charge in [0.25, 0.3) is 0 Å². The van der Waals surface area contributed by atoms with Gasteiger partial charge in [0.05, 0.1) is 18.4 Å². The molecule has 0 amide bonds. The smallest absolute Gasteiger partial charge is 0.337 e. The number of rotatable bonds is 3. The number of carbonyl (C=O) groups excluding carboxylic acids is 1. The van der Waals surface area contributed by atoms with Gasteiger partial charge in [-0.25, -0.2) is 4.79 Å². The molecule has 0 aromatic heterocycles. The fraction of sp³-hybridized carbons (Fsp3) is 0.364. The number of nitrogens with zero attached hydrogens (tertiary/aromatic N) is 2. The summed E-state index contributed by atoms with van der Waals surface area (Å²) in [5, 5.41) is 0. The van der Waals surface area contributed by atoms with Crippen molar-refractivity contribution in [3.8, 4) is 0 Å². The molecule has 1 atom stereocenters. The van der Waals surface area contributed by atoms with Crippen LogP contribution in [0, 0.1) is 0 Å². The van der Waals surface area contributed by atoms with E-state index in [1.54, 1.807) is 12.1 Å². The van der Waals surface area contributed by atoms with Crippen LogP contribution in [0.15, 0.2) is 47.5 Å². The van der Waals surface area contributed by atoms with E-state index in [9.17, 15) is 4.79 Å². The summed E-state index contributed by atoms with van der Waals surface area (Å²) >= 11 is 0. The fourth-order valence-corrected chi connectivity index (χ4v) is 3.66. The third-order valence-corrected chi connectivity index (χ3v) is 5.29. The molecule has 0 aliphatic carbocycles. The Bertz CT molecular complexity index is 855. The van der Waals surface area contributed by atoms with Crippen LogP contribution in [-0.2, 0) is 4.74 Å². The Labute approximate surface area is 155 Å². The SMILES string of the molecule is COC(=O)c1cccc(N=Cc2ccc3c(c2)C(C)CC(C)(C)N3C)c1. The summed E-state index contributed by atoms with van der Waals surface area (Å²) in [5.74, 6) is 0.155. The lowest BCUT2D eigenvalue weighted by atomic mass is 9.80. The van der Waals surface area contributed by atoms with Crippen LogP contribution in [-0.4, -0.2) is 31.9 Å². The number of anilines is 1. The van der Waals surface area contributed by atoms with Crippen molar-refractivity contribution < 1.29 is 9.53 Å². The van der Waals surface area contributed by atoms with Crippen LogP contribution in [0.3, 0.4) is 0 Å². The van der Waals surface area contributed by atoms with Crippen molar-refractivity contribution in [2.45, 2.75) is 38.6 Å². The van der Waals surface area contributed by atoms with Crippen LogP contribution >= 0.6 is 0 Å². The van der Waals surface area contributed by atoms with Crippen LogP contribution in [0.5, 0.6) is 0 Å². The van der Waals surface area contributed by atoms with Gasteiger partial charge < -0.3 is 9.64 Å². The summed E-state index contributed by atoms with van der Waals surface area (Å²) in [6, 6.07) is 13.6. The standard InChI is InChI=1S/C22H26N2O2/c1-15-13-22(2,3)24(4)20-10-9-16(11-19(15)20)14-23-18-8-6-7-17(12-18)21(25)26-5/h6-12,14-15H,13H2,1-5H3. The molecular formula is C22H26N2O2.